The molecule has 2 amide bonds. The summed E-state index contributed by atoms with van der Waals surface area (Å²) in [7, 11) is 0. The van der Waals surface area contributed by atoms with Gasteiger partial charge in [-0.15, -0.1) is 0 Å². The summed E-state index contributed by atoms with van der Waals surface area (Å²) < 4.78 is 17.0. The zero-order chi connectivity index (χ0) is 23.1. The SMILES string of the molecule is CCOc1cc2c(cc1OCC)CN(C(=O)CNC(=O)c1ccc(OC(C)C)cc1)CC2. The Balaban J connectivity index is 1.59. The Kier molecular flexibility index (Phi) is 7.98. The maximum atomic E-state index is 12.7. The summed E-state index contributed by atoms with van der Waals surface area (Å²) in [5, 5.41) is 2.72. The van der Waals surface area contributed by atoms with Gasteiger partial charge in [-0.2, -0.15) is 0 Å². The molecule has 0 fully saturated rings. The van der Waals surface area contributed by atoms with Crippen LogP contribution >= 0.6 is 0 Å². The molecule has 0 spiro atoms. The van der Waals surface area contributed by atoms with Crippen molar-refractivity contribution in [1.29, 1.82) is 0 Å². The zero-order valence-corrected chi connectivity index (χ0v) is 19.3. The molecule has 2 aromatic rings. The average molecular weight is 441 g/mol. The van der Waals surface area contributed by atoms with E-state index in [0.717, 1.165) is 23.3 Å². The molecule has 0 saturated carbocycles. The quantitative estimate of drug-likeness (QED) is 0.645. The first kappa shape index (κ1) is 23.4. The second-order valence-electron chi connectivity index (χ2n) is 7.87. The molecule has 1 aliphatic rings. The van der Waals surface area contributed by atoms with Crippen LogP contribution in [0, 0.1) is 0 Å². The molecule has 0 bridgehead atoms. The van der Waals surface area contributed by atoms with E-state index in [9.17, 15) is 9.59 Å². The Morgan fingerprint density at radius 2 is 1.62 bits per heavy atom. The number of hydrogen-bond donors (Lipinski definition) is 1. The van der Waals surface area contributed by atoms with Crippen molar-refractivity contribution in [3.05, 3.63) is 53.1 Å². The number of fused-ring (bicyclic) bond motifs is 1. The highest BCUT2D eigenvalue weighted by Gasteiger charge is 2.23. The minimum Gasteiger partial charge on any atom is -0.491 e. The van der Waals surface area contributed by atoms with Gasteiger partial charge in [-0.25, -0.2) is 0 Å². The predicted octanol–water partition coefficient (Wildman–Crippen LogP) is 3.59. The van der Waals surface area contributed by atoms with Gasteiger partial charge in [0.25, 0.3) is 5.91 Å². The summed E-state index contributed by atoms with van der Waals surface area (Å²) in [4.78, 5) is 26.9. The van der Waals surface area contributed by atoms with Gasteiger partial charge < -0.3 is 24.4 Å². The molecule has 0 radical (unpaired) electrons. The maximum Gasteiger partial charge on any atom is 0.251 e. The topological polar surface area (TPSA) is 77.1 Å². The Labute approximate surface area is 189 Å². The van der Waals surface area contributed by atoms with Gasteiger partial charge in [0, 0.05) is 18.7 Å². The van der Waals surface area contributed by atoms with Gasteiger partial charge in [0.15, 0.2) is 11.5 Å². The smallest absolute Gasteiger partial charge is 0.251 e. The first-order chi connectivity index (χ1) is 15.4. The van der Waals surface area contributed by atoms with Crippen LogP contribution in [0.25, 0.3) is 0 Å². The molecule has 0 saturated heterocycles. The number of nitrogens with one attached hydrogen (secondary N) is 1. The fraction of sp³-hybridized carbons (Fsp3) is 0.440. The van der Waals surface area contributed by atoms with Gasteiger partial charge >= 0.3 is 0 Å². The van der Waals surface area contributed by atoms with Crippen molar-refractivity contribution in [2.45, 2.75) is 46.8 Å². The van der Waals surface area contributed by atoms with Crippen molar-refractivity contribution in [2.24, 2.45) is 0 Å². The van der Waals surface area contributed by atoms with E-state index in [1.165, 1.54) is 0 Å². The van der Waals surface area contributed by atoms with Crippen molar-refractivity contribution in [3.8, 4) is 17.2 Å². The Morgan fingerprint density at radius 3 is 2.22 bits per heavy atom. The van der Waals surface area contributed by atoms with Crippen molar-refractivity contribution in [2.75, 3.05) is 26.3 Å². The highest BCUT2D eigenvalue weighted by Crippen LogP contribution is 2.33. The number of amides is 2. The van der Waals surface area contributed by atoms with Crippen LogP contribution in [0.1, 0.15) is 49.2 Å². The van der Waals surface area contributed by atoms with Gasteiger partial charge in [-0.1, -0.05) is 0 Å². The van der Waals surface area contributed by atoms with E-state index >= 15 is 0 Å². The first-order valence-corrected chi connectivity index (χ1v) is 11.1. The van der Waals surface area contributed by atoms with Crippen LogP contribution in [0.15, 0.2) is 36.4 Å². The number of rotatable bonds is 9. The standard InChI is InChI=1S/C25H32N2O5/c1-5-30-22-13-19-11-12-27(16-20(19)14-23(22)31-6-2)24(28)15-26-25(29)18-7-9-21(10-8-18)32-17(3)4/h7-10,13-14,17H,5-6,11-12,15-16H2,1-4H3,(H,26,29). The molecule has 0 aliphatic carbocycles. The molecule has 0 aromatic heterocycles. The van der Waals surface area contributed by atoms with Crippen LogP contribution in [0.4, 0.5) is 0 Å². The minimum atomic E-state index is -0.285. The van der Waals surface area contributed by atoms with Crippen LogP contribution in [0.3, 0.4) is 0 Å². The van der Waals surface area contributed by atoms with Gasteiger partial charge in [0.05, 0.1) is 25.9 Å². The lowest BCUT2D eigenvalue weighted by Gasteiger charge is -2.30. The highest BCUT2D eigenvalue weighted by atomic mass is 16.5. The first-order valence-electron chi connectivity index (χ1n) is 11.1. The van der Waals surface area contributed by atoms with Gasteiger partial charge in [0.2, 0.25) is 5.91 Å². The summed E-state index contributed by atoms with van der Waals surface area (Å²) in [6.07, 6.45) is 0.802. The highest BCUT2D eigenvalue weighted by molar-refractivity contribution is 5.96. The number of benzene rings is 2. The van der Waals surface area contributed by atoms with Crippen LogP contribution in [0.5, 0.6) is 17.2 Å². The van der Waals surface area contributed by atoms with Crippen LogP contribution in [-0.4, -0.2) is 49.1 Å². The lowest BCUT2D eigenvalue weighted by molar-refractivity contribution is -0.131. The molecule has 1 aliphatic heterocycles. The fourth-order valence-corrected chi connectivity index (χ4v) is 3.64. The van der Waals surface area contributed by atoms with E-state index < -0.39 is 0 Å². The van der Waals surface area contributed by atoms with Gasteiger partial charge in [-0.05, 0) is 81.6 Å². The Bertz CT molecular complexity index is 940. The second kappa shape index (κ2) is 10.9. The third-order valence-corrected chi connectivity index (χ3v) is 5.12. The number of carbonyl (C=O) groups excluding carboxylic acids is 2. The van der Waals surface area contributed by atoms with E-state index in [2.05, 4.69) is 5.32 Å². The summed E-state index contributed by atoms with van der Waals surface area (Å²) in [6.45, 7) is 9.90. The lowest BCUT2D eigenvalue weighted by Crippen LogP contribution is -2.42. The molecule has 32 heavy (non-hydrogen) atoms. The van der Waals surface area contributed by atoms with Crippen molar-refractivity contribution in [3.63, 3.8) is 0 Å². The van der Waals surface area contributed by atoms with Crippen molar-refractivity contribution >= 4 is 11.8 Å². The normalized spacial score (nSPS) is 12.8. The van der Waals surface area contributed by atoms with Crippen LogP contribution < -0.4 is 19.5 Å². The average Bonchev–Trinajstić information content (AvgIpc) is 2.77. The molecule has 3 rings (SSSR count). The van der Waals surface area contributed by atoms with Gasteiger partial charge in [0.1, 0.15) is 5.75 Å². The molecule has 7 heteroatoms. The summed E-state index contributed by atoms with van der Waals surface area (Å²) in [5.41, 5.74) is 2.69. The summed E-state index contributed by atoms with van der Waals surface area (Å²) >= 11 is 0. The lowest BCUT2D eigenvalue weighted by atomic mass is 9.98. The van der Waals surface area contributed by atoms with Crippen molar-refractivity contribution < 1.29 is 23.8 Å². The molecular formula is C25H32N2O5. The van der Waals surface area contributed by atoms with E-state index in [-0.39, 0.29) is 24.5 Å². The van der Waals surface area contributed by atoms with Gasteiger partial charge in [-0.3, -0.25) is 9.59 Å². The van der Waals surface area contributed by atoms with Crippen molar-refractivity contribution in [1.82, 2.24) is 10.2 Å². The van der Waals surface area contributed by atoms with E-state index in [1.807, 2.05) is 39.8 Å². The molecule has 1 heterocycles. The molecular weight excluding hydrogens is 408 g/mol. The zero-order valence-electron chi connectivity index (χ0n) is 19.3. The molecule has 1 N–H and O–H groups in total. The molecule has 0 unspecified atom stereocenters. The van der Waals surface area contributed by atoms with Crippen LogP contribution in [-0.2, 0) is 17.8 Å². The van der Waals surface area contributed by atoms with E-state index in [4.69, 9.17) is 14.2 Å². The number of ether oxygens (including phenoxy) is 3. The molecule has 0 atom stereocenters. The largest absolute Gasteiger partial charge is 0.491 e. The predicted molar refractivity (Wildman–Crippen MR) is 122 cm³/mol. The van der Waals surface area contributed by atoms with Crippen LogP contribution in [0.2, 0.25) is 0 Å². The number of carbonyl (C=O) groups is 2. The molecule has 2 aromatic carbocycles. The summed E-state index contributed by atoms with van der Waals surface area (Å²) in [6, 6.07) is 10.9. The monoisotopic (exact) mass is 440 g/mol. The second-order valence-corrected chi connectivity index (χ2v) is 7.87. The molecule has 7 nitrogen and oxygen atoms in total. The Morgan fingerprint density at radius 1 is 1.00 bits per heavy atom. The molecule has 172 valence electrons. The number of nitrogens with zero attached hydrogens (tertiary/aromatic N) is 1. The number of hydrogen-bond acceptors (Lipinski definition) is 5. The third-order valence-electron chi connectivity index (χ3n) is 5.12. The maximum absolute atomic E-state index is 12.7. The minimum absolute atomic E-state index is 0.0479. The van der Waals surface area contributed by atoms with E-state index in [0.29, 0.717) is 43.4 Å². The fourth-order valence-electron chi connectivity index (χ4n) is 3.64. The van der Waals surface area contributed by atoms with E-state index in [1.54, 1.807) is 29.2 Å². The summed E-state index contributed by atoms with van der Waals surface area (Å²) in [5.74, 6) is 1.74. The Hall–Kier alpha value is -3.22. The third kappa shape index (κ3) is 5.93.